The predicted octanol–water partition coefficient (Wildman–Crippen LogP) is 7.24. The Labute approximate surface area is 158 Å². The van der Waals surface area contributed by atoms with Crippen LogP contribution < -0.4 is 0 Å². The van der Waals surface area contributed by atoms with Crippen molar-refractivity contribution in [1.29, 1.82) is 0 Å². The third-order valence-corrected chi connectivity index (χ3v) is 4.38. The number of isothiocyanates is 1. The highest BCUT2D eigenvalue weighted by Crippen LogP contribution is 2.34. The van der Waals surface area contributed by atoms with E-state index >= 15 is 0 Å². The zero-order valence-corrected chi connectivity index (χ0v) is 15.5. The van der Waals surface area contributed by atoms with Crippen molar-refractivity contribution in [1.82, 2.24) is 0 Å². The number of benzene rings is 3. The van der Waals surface area contributed by atoms with Crippen LogP contribution in [0.2, 0.25) is 0 Å². The van der Waals surface area contributed by atoms with E-state index in [0.29, 0.717) is 5.56 Å². The van der Waals surface area contributed by atoms with Gasteiger partial charge >= 0.3 is 0 Å². The number of halogens is 1. The molecular formula is C23H18FNS. The summed E-state index contributed by atoms with van der Waals surface area (Å²) in [5.74, 6) is -0.430. The fraction of sp³-hybridized carbons (Fsp3) is 0.0870. The summed E-state index contributed by atoms with van der Waals surface area (Å²) in [7, 11) is 0. The maximum Gasteiger partial charge on any atom is 0.150 e. The van der Waals surface area contributed by atoms with E-state index in [0.717, 1.165) is 27.8 Å². The van der Waals surface area contributed by atoms with Gasteiger partial charge in [0.2, 0.25) is 0 Å². The monoisotopic (exact) mass is 359 g/mol. The number of aryl methyl sites for hydroxylation is 1. The normalized spacial score (nSPS) is 10.3. The molecule has 0 bridgehead atoms. The highest BCUT2D eigenvalue weighted by molar-refractivity contribution is 7.78. The molecule has 0 aliphatic carbocycles. The number of hydrogen-bond donors (Lipinski definition) is 0. The third kappa shape index (κ3) is 3.70. The Hall–Kier alpha value is -2.87. The molecule has 0 N–H and O–H groups in total. The molecule has 1 nitrogen and oxygen atoms in total. The van der Waals surface area contributed by atoms with Crippen LogP contribution in [0.5, 0.6) is 0 Å². The highest BCUT2D eigenvalue weighted by atomic mass is 32.1. The van der Waals surface area contributed by atoms with Crippen LogP contribution in [-0.4, -0.2) is 5.16 Å². The molecule has 3 aromatic rings. The SMILES string of the molecule is C=C(C)c1cc(-c2ccc(-c3ccc(C)cc3)cc2)cc(F)c1N=C=S. The molecule has 0 atom stereocenters. The van der Waals surface area contributed by atoms with E-state index in [1.807, 2.05) is 37.3 Å². The van der Waals surface area contributed by atoms with Crippen molar-refractivity contribution >= 4 is 28.6 Å². The summed E-state index contributed by atoms with van der Waals surface area (Å²) in [6.45, 7) is 7.80. The average Bonchev–Trinajstić information content (AvgIpc) is 2.64. The topological polar surface area (TPSA) is 12.4 Å². The van der Waals surface area contributed by atoms with Gasteiger partial charge in [-0.2, -0.15) is 4.99 Å². The van der Waals surface area contributed by atoms with Gasteiger partial charge in [0.15, 0.2) is 5.82 Å². The molecular weight excluding hydrogens is 341 g/mol. The van der Waals surface area contributed by atoms with Crippen LogP contribution in [0.25, 0.3) is 27.8 Å². The summed E-state index contributed by atoms with van der Waals surface area (Å²) in [4.78, 5) is 3.85. The molecule has 0 aliphatic heterocycles. The minimum absolute atomic E-state index is 0.188. The van der Waals surface area contributed by atoms with E-state index in [1.165, 1.54) is 11.6 Å². The van der Waals surface area contributed by atoms with Gasteiger partial charge in [0, 0.05) is 5.56 Å². The summed E-state index contributed by atoms with van der Waals surface area (Å²) >= 11 is 4.62. The van der Waals surface area contributed by atoms with E-state index < -0.39 is 5.82 Å². The second-order valence-electron chi connectivity index (χ2n) is 6.28. The van der Waals surface area contributed by atoms with Crippen molar-refractivity contribution in [2.75, 3.05) is 0 Å². The second kappa shape index (κ2) is 7.57. The first kappa shape index (κ1) is 17.9. The van der Waals surface area contributed by atoms with Gasteiger partial charge in [-0.3, -0.25) is 0 Å². The maximum atomic E-state index is 14.5. The van der Waals surface area contributed by atoms with Crippen molar-refractivity contribution in [2.24, 2.45) is 4.99 Å². The minimum Gasteiger partial charge on any atom is -0.205 e. The molecule has 3 rings (SSSR count). The van der Waals surface area contributed by atoms with Gasteiger partial charge in [-0.25, -0.2) is 4.39 Å². The summed E-state index contributed by atoms with van der Waals surface area (Å²) in [5.41, 5.74) is 6.77. The molecule has 0 radical (unpaired) electrons. The van der Waals surface area contributed by atoms with Crippen LogP contribution in [0.3, 0.4) is 0 Å². The van der Waals surface area contributed by atoms with Crippen LogP contribution in [0.4, 0.5) is 10.1 Å². The van der Waals surface area contributed by atoms with Gasteiger partial charge in [0.1, 0.15) is 5.69 Å². The Morgan fingerprint density at radius 1 is 0.923 bits per heavy atom. The van der Waals surface area contributed by atoms with Gasteiger partial charge in [-0.15, -0.1) is 0 Å². The number of hydrogen-bond acceptors (Lipinski definition) is 2. The first-order valence-corrected chi connectivity index (χ1v) is 8.65. The molecule has 0 fully saturated rings. The van der Waals surface area contributed by atoms with Gasteiger partial charge in [-0.05, 0) is 66.0 Å². The molecule has 3 heteroatoms. The summed E-state index contributed by atoms with van der Waals surface area (Å²) < 4.78 is 14.5. The van der Waals surface area contributed by atoms with Crippen molar-refractivity contribution in [3.63, 3.8) is 0 Å². The van der Waals surface area contributed by atoms with Gasteiger partial charge in [0.25, 0.3) is 0 Å². The fourth-order valence-corrected chi connectivity index (χ4v) is 2.94. The van der Waals surface area contributed by atoms with Crippen LogP contribution in [0.1, 0.15) is 18.1 Å². The van der Waals surface area contributed by atoms with Gasteiger partial charge < -0.3 is 0 Å². The lowest BCUT2D eigenvalue weighted by molar-refractivity contribution is 0.630. The molecule has 26 heavy (non-hydrogen) atoms. The largest absolute Gasteiger partial charge is 0.205 e. The second-order valence-corrected chi connectivity index (χ2v) is 6.46. The standard InChI is InChI=1S/C23H18FNS/c1-15(2)21-12-20(13-22(24)23(21)25-14-26)19-10-8-18(9-11-19)17-6-4-16(3)5-7-17/h4-13H,1H2,2-3H3. The van der Waals surface area contributed by atoms with E-state index in [4.69, 9.17) is 0 Å². The molecule has 3 aromatic carbocycles. The lowest BCUT2D eigenvalue weighted by Crippen LogP contribution is -1.89. The van der Waals surface area contributed by atoms with Crippen LogP contribution in [0.15, 0.2) is 72.2 Å². The lowest BCUT2D eigenvalue weighted by atomic mass is 9.96. The molecule has 0 heterocycles. The number of aliphatic imine (C=N–C) groups is 1. The zero-order valence-electron chi connectivity index (χ0n) is 14.7. The molecule has 0 amide bonds. The fourth-order valence-electron chi connectivity index (χ4n) is 2.85. The van der Waals surface area contributed by atoms with Crippen LogP contribution >= 0.6 is 12.2 Å². The van der Waals surface area contributed by atoms with Gasteiger partial charge in [0.05, 0.1) is 5.16 Å². The van der Waals surface area contributed by atoms with E-state index in [9.17, 15) is 4.39 Å². The Kier molecular flexibility index (Phi) is 5.22. The Morgan fingerprint density at radius 2 is 1.42 bits per heavy atom. The smallest absolute Gasteiger partial charge is 0.150 e. The predicted molar refractivity (Wildman–Crippen MR) is 111 cm³/mol. The average molecular weight is 359 g/mol. The molecule has 0 unspecified atom stereocenters. The Bertz CT molecular complexity index is 1010. The Morgan fingerprint density at radius 3 is 1.92 bits per heavy atom. The number of rotatable bonds is 4. The van der Waals surface area contributed by atoms with Crippen LogP contribution in [0, 0.1) is 12.7 Å². The highest BCUT2D eigenvalue weighted by Gasteiger charge is 2.12. The molecule has 128 valence electrons. The summed E-state index contributed by atoms with van der Waals surface area (Å²) in [6.07, 6.45) is 0. The first-order chi connectivity index (χ1) is 12.5. The molecule has 0 aliphatic rings. The van der Waals surface area contributed by atoms with E-state index in [1.54, 1.807) is 0 Å². The van der Waals surface area contributed by atoms with Crippen molar-refractivity contribution in [2.45, 2.75) is 13.8 Å². The van der Waals surface area contributed by atoms with Crippen LogP contribution in [-0.2, 0) is 0 Å². The lowest BCUT2D eigenvalue weighted by Gasteiger charge is -2.10. The maximum absolute atomic E-state index is 14.5. The molecule has 0 aromatic heterocycles. The quantitative estimate of drug-likeness (QED) is 0.353. The van der Waals surface area contributed by atoms with E-state index in [-0.39, 0.29) is 5.69 Å². The molecule has 0 spiro atoms. The summed E-state index contributed by atoms with van der Waals surface area (Å²) in [6, 6.07) is 19.8. The van der Waals surface area contributed by atoms with E-state index in [2.05, 4.69) is 60.1 Å². The van der Waals surface area contributed by atoms with Crippen molar-refractivity contribution in [3.8, 4) is 22.3 Å². The molecule has 0 saturated carbocycles. The van der Waals surface area contributed by atoms with Crippen molar-refractivity contribution < 1.29 is 4.39 Å². The first-order valence-electron chi connectivity index (χ1n) is 8.24. The Balaban J connectivity index is 2.02. The third-order valence-electron chi connectivity index (χ3n) is 4.28. The number of thiocarbonyl (C=S) groups is 1. The number of nitrogens with zero attached hydrogens (tertiary/aromatic N) is 1. The number of allylic oxidation sites excluding steroid dienone is 1. The molecule has 0 saturated heterocycles. The minimum atomic E-state index is -0.430. The summed E-state index contributed by atoms with van der Waals surface area (Å²) in [5, 5.41) is 2.24. The zero-order chi connectivity index (χ0) is 18.7. The van der Waals surface area contributed by atoms with Gasteiger partial charge in [-0.1, -0.05) is 60.7 Å². The van der Waals surface area contributed by atoms with Crippen molar-refractivity contribution in [3.05, 3.63) is 84.2 Å².